The van der Waals surface area contributed by atoms with Gasteiger partial charge in [0.15, 0.2) is 5.76 Å². The van der Waals surface area contributed by atoms with Gasteiger partial charge in [0.2, 0.25) is 0 Å². The fourth-order valence-corrected chi connectivity index (χ4v) is 1.72. The summed E-state index contributed by atoms with van der Waals surface area (Å²) < 4.78 is 10.6. The normalized spacial score (nSPS) is 10.3. The van der Waals surface area contributed by atoms with Crippen molar-refractivity contribution in [2.75, 3.05) is 0 Å². The van der Waals surface area contributed by atoms with E-state index in [2.05, 4.69) is 11.1 Å². The summed E-state index contributed by atoms with van der Waals surface area (Å²) >= 11 is 0. The highest BCUT2D eigenvalue weighted by atomic mass is 16.3. The molecule has 0 aliphatic heterocycles. The molecule has 3 rings (SSSR count). The Morgan fingerprint density at radius 3 is 2.35 bits per heavy atom. The number of nitriles is 1. The van der Waals surface area contributed by atoms with Crippen LogP contribution >= 0.6 is 0 Å². The van der Waals surface area contributed by atoms with Crippen LogP contribution in [0.5, 0.6) is 0 Å². The van der Waals surface area contributed by atoms with Gasteiger partial charge in [0.1, 0.15) is 11.8 Å². The fourth-order valence-electron chi connectivity index (χ4n) is 1.72. The van der Waals surface area contributed by atoms with Crippen molar-refractivity contribution in [1.82, 2.24) is 4.98 Å². The number of hydrogen-bond acceptors (Lipinski definition) is 3. The summed E-state index contributed by atoms with van der Waals surface area (Å²) in [6.45, 7) is 0. The van der Waals surface area contributed by atoms with Crippen molar-refractivity contribution in [1.29, 1.82) is 5.26 Å². The molecule has 0 fully saturated rings. The molecular weight excluding hydrogens is 216 g/mol. The molecule has 3 heterocycles. The van der Waals surface area contributed by atoms with Gasteiger partial charge in [-0.3, -0.25) is 0 Å². The molecule has 1 N–H and O–H groups in total. The highest BCUT2D eigenvalue weighted by Crippen LogP contribution is 2.28. The summed E-state index contributed by atoms with van der Waals surface area (Å²) in [6.07, 6.45) is 3.17. The molecule has 82 valence electrons. The van der Waals surface area contributed by atoms with Gasteiger partial charge >= 0.3 is 0 Å². The molecule has 3 aromatic heterocycles. The van der Waals surface area contributed by atoms with Crippen molar-refractivity contribution in [2.24, 2.45) is 0 Å². The highest BCUT2D eigenvalue weighted by molar-refractivity contribution is 5.69. The fraction of sp³-hybridized carbons (Fsp3) is 0. The first-order valence-corrected chi connectivity index (χ1v) is 5.09. The quantitative estimate of drug-likeness (QED) is 0.725. The zero-order chi connectivity index (χ0) is 11.7. The molecule has 0 atom stereocenters. The Balaban J connectivity index is 2.15. The molecule has 0 saturated carbocycles. The average Bonchev–Trinajstić information content (AvgIpc) is 3.09. The van der Waals surface area contributed by atoms with E-state index in [1.807, 2.05) is 6.07 Å². The number of aromatic nitrogens is 1. The van der Waals surface area contributed by atoms with E-state index < -0.39 is 0 Å². The number of aromatic amines is 1. The Kier molecular flexibility index (Phi) is 2.09. The van der Waals surface area contributed by atoms with E-state index in [0.29, 0.717) is 22.8 Å². The SMILES string of the molecule is N#Cc1cc(-c2ccco2)[nH]c1-c1ccco1. The molecule has 4 nitrogen and oxygen atoms in total. The van der Waals surface area contributed by atoms with Crippen LogP contribution in [-0.2, 0) is 0 Å². The zero-order valence-corrected chi connectivity index (χ0v) is 8.81. The lowest BCUT2D eigenvalue weighted by atomic mass is 10.2. The first-order valence-electron chi connectivity index (χ1n) is 5.09. The number of nitrogens with zero attached hydrogens (tertiary/aromatic N) is 1. The number of nitrogens with one attached hydrogen (secondary N) is 1. The van der Waals surface area contributed by atoms with Gasteiger partial charge in [0.25, 0.3) is 0 Å². The second-order valence-electron chi connectivity index (χ2n) is 3.54. The number of H-pyrrole nitrogens is 1. The molecular formula is C13H8N2O2. The van der Waals surface area contributed by atoms with Crippen LogP contribution < -0.4 is 0 Å². The van der Waals surface area contributed by atoms with E-state index in [9.17, 15) is 0 Å². The number of rotatable bonds is 2. The lowest BCUT2D eigenvalue weighted by molar-refractivity contribution is 0.577. The molecule has 17 heavy (non-hydrogen) atoms. The maximum Gasteiger partial charge on any atom is 0.151 e. The summed E-state index contributed by atoms with van der Waals surface area (Å²) in [5.74, 6) is 1.33. The lowest BCUT2D eigenvalue weighted by Gasteiger charge is -1.92. The van der Waals surface area contributed by atoms with E-state index in [1.54, 1.807) is 36.8 Å². The molecule has 0 amide bonds. The summed E-state index contributed by atoms with van der Waals surface area (Å²) in [6, 6.07) is 11.1. The average molecular weight is 224 g/mol. The summed E-state index contributed by atoms with van der Waals surface area (Å²) in [4.78, 5) is 3.13. The van der Waals surface area contributed by atoms with Crippen LogP contribution in [0.1, 0.15) is 5.56 Å². The van der Waals surface area contributed by atoms with Crippen molar-refractivity contribution in [3.8, 4) is 29.0 Å². The first-order chi connectivity index (χ1) is 8.38. The van der Waals surface area contributed by atoms with Gasteiger partial charge in [-0.1, -0.05) is 0 Å². The van der Waals surface area contributed by atoms with Crippen molar-refractivity contribution < 1.29 is 8.83 Å². The van der Waals surface area contributed by atoms with E-state index in [1.165, 1.54) is 0 Å². The maximum absolute atomic E-state index is 9.09. The minimum absolute atomic E-state index is 0.534. The minimum atomic E-state index is 0.534. The Labute approximate surface area is 97.1 Å². The molecule has 4 heteroatoms. The van der Waals surface area contributed by atoms with Crippen LogP contribution in [0.15, 0.2) is 51.7 Å². The van der Waals surface area contributed by atoms with Gasteiger partial charge in [-0.2, -0.15) is 5.26 Å². The second kappa shape index (κ2) is 3.72. The largest absolute Gasteiger partial charge is 0.463 e. The molecule has 0 saturated heterocycles. The van der Waals surface area contributed by atoms with Crippen molar-refractivity contribution in [2.45, 2.75) is 0 Å². The van der Waals surface area contributed by atoms with Gasteiger partial charge in [0, 0.05) is 0 Å². The van der Waals surface area contributed by atoms with Gasteiger partial charge in [-0.05, 0) is 30.3 Å². The highest BCUT2D eigenvalue weighted by Gasteiger charge is 2.14. The van der Waals surface area contributed by atoms with Crippen LogP contribution in [0.25, 0.3) is 22.9 Å². The molecule has 0 aliphatic rings. The molecule has 0 spiro atoms. The molecule has 0 aromatic carbocycles. The lowest BCUT2D eigenvalue weighted by Crippen LogP contribution is -1.77. The van der Waals surface area contributed by atoms with Crippen LogP contribution in [-0.4, -0.2) is 4.98 Å². The zero-order valence-electron chi connectivity index (χ0n) is 8.81. The van der Waals surface area contributed by atoms with Crippen molar-refractivity contribution >= 4 is 0 Å². The topological polar surface area (TPSA) is 65.9 Å². The van der Waals surface area contributed by atoms with Crippen LogP contribution in [0, 0.1) is 11.3 Å². The Morgan fingerprint density at radius 2 is 1.76 bits per heavy atom. The first kappa shape index (κ1) is 9.55. The van der Waals surface area contributed by atoms with E-state index in [-0.39, 0.29) is 0 Å². The third-order valence-electron chi connectivity index (χ3n) is 2.49. The monoisotopic (exact) mass is 224 g/mol. The van der Waals surface area contributed by atoms with E-state index in [4.69, 9.17) is 14.1 Å². The standard InChI is InChI=1S/C13H8N2O2/c14-8-9-7-10(11-3-1-5-16-11)15-13(9)12-4-2-6-17-12/h1-7,15H. The van der Waals surface area contributed by atoms with Crippen molar-refractivity contribution in [3.63, 3.8) is 0 Å². The molecule has 0 unspecified atom stereocenters. The predicted octanol–water partition coefficient (Wildman–Crippen LogP) is 3.41. The Morgan fingerprint density at radius 1 is 1.06 bits per heavy atom. The molecule has 3 aromatic rings. The third kappa shape index (κ3) is 1.54. The Bertz CT molecular complexity index is 655. The third-order valence-corrected chi connectivity index (χ3v) is 2.49. The molecule has 0 radical (unpaired) electrons. The minimum Gasteiger partial charge on any atom is -0.463 e. The summed E-state index contributed by atoms with van der Waals surface area (Å²) in [7, 11) is 0. The van der Waals surface area contributed by atoms with E-state index in [0.717, 1.165) is 5.69 Å². The maximum atomic E-state index is 9.09. The van der Waals surface area contributed by atoms with Crippen molar-refractivity contribution in [3.05, 3.63) is 48.4 Å². The van der Waals surface area contributed by atoms with Gasteiger partial charge in [-0.15, -0.1) is 0 Å². The number of hydrogen-bond donors (Lipinski definition) is 1. The second-order valence-corrected chi connectivity index (χ2v) is 3.54. The molecule has 0 aliphatic carbocycles. The Hall–Kier alpha value is -2.67. The van der Waals surface area contributed by atoms with Crippen LogP contribution in [0.2, 0.25) is 0 Å². The number of furan rings is 2. The van der Waals surface area contributed by atoms with Crippen LogP contribution in [0.4, 0.5) is 0 Å². The predicted molar refractivity (Wildman–Crippen MR) is 60.9 cm³/mol. The van der Waals surface area contributed by atoms with Gasteiger partial charge < -0.3 is 13.8 Å². The van der Waals surface area contributed by atoms with E-state index >= 15 is 0 Å². The van der Waals surface area contributed by atoms with Gasteiger partial charge in [0.05, 0.1) is 29.5 Å². The van der Waals surface area contributed by atoms with Gasteiger partial charge in [-0.25, -0.2) is 0 Å². The smallest absolute Gasteiger partial charge is 0.151 e. The van der Waals surface area contributed by atoms with Crippen LogP contribution in [0.3, 0.4) is 0 Å². The molecule has 0 bridgehead atoms. The summed E-state index contributed by atoms with van der Waals surface area (Å²) in [5, 5.41) is 9.09. The summed E-state index contributed by atoms with van der Waals surface area (Å²) in [5.41, 5.74) is 1.97.